The number of benzene rings is 2. The first kappa shape index (κ1) is 18.6. The number of fused-ring (bicyclic) bond motifs is 2. The third-order valence-corrected chi connectivity index (χ3v) is 5.94. The molecule has 2 aliphatic heterocycles. The summed E-state index contributed by atoms with van der Waals surface area (Å²) in [5, 5.41) is 0. The van der Waals surface area contributed by atoms with Gasteiger partial charge in [-0.2, -0.15) is 0 Å². The van der Waals surface area contributed by atoms with Gasteiger partial charge in [-0.1, -0.05) is 18.2 Å². The molecule has 9 heteroatoms. The molecule has 0 spiro atoms. The van der Waals surface area contributed by atoms with E-state index in [9.17, 15) is 13.2 Å². The van der Waals surface area contributed by atoms with Crippen LogP contribution in [0, 0.1) is 0 Å². The second-order valence-corrected chi connectivity index (χ2v) is 8.30. The average Bonchev–Trinajstić information content (AvgIpc) is 2.72. The normalized spacial score (nSPS) is 15.6. The van der Waals surface area contributed by atoms with Gasteiger partial charge in [0.1, 0.15) is 13.2 Å². The van der Waals surface area contributed by atoms with Crippen molar-refractivity contribution in [3.05, 3.63) is 48.0 Å². The van der Waals surface area contributed by atoms with Crippen LogP contribution in [0.15, 0.2) is 47.4 Å². The largest absolute Gasteiger partial charge is 0.486 e. The summed E-state index contributed by atoms with van der Waals surface area (Å²) in [4.78, 5) is 16.4. The van der Waals surface area contributed by atoms with Gasteiger partial charge in [0.2, 0.25) is 0 Å². The summed E-state index contributed by atoms with van der Waals surface area (Å²) >= 11 is 0. The Morgan fingerprint density at radius 3 is 2.71 bits per heavy atom. The van der Waals surface area contributed by atoms with E-state index in [-0.39, 0.29) is 11.4 Å². The lowest BCUT2D eigenvalue weighted by molar-refractivity contribution is -0.120. The number of carbonyl (C=O) groups excluding carboxylic acids is 1. The van der Waals surface area contributed by atoms with Gasteiger partial charge >= 0.3 is 0 Å². The molecule has 0 fully saturated rings. The molecule has 0 radical (unpaired) electrons. The van der Waals surface area contributed by atoms with Crippen LogP contribution in [0.2, 0.25) is 0 Å². The number of ether oxygens (including phenoxy) is 2. The molecule has 0 saturated carbocycles. The third kappa shape index (κ3) is 3.90. The molecule has 2 aromatic rings. The average molecular weight is 403 g/mol. The molecule has 8 nitrogen and oxygen atoms in total. The van der Waals surface area contributed by atoms with Crippen LogP contribution in [0.1, 0.15) is 12.0 Å². The number of aryl methyl sites for hydroxylation is 1. The van der Waals surface area contributed by atoms with Gasteiger partial charge in [-0.15, -0.1) is 4.83 Å². The molecular weight excluding hydrogens is 382 g/mol. The summed E-state index contributed by atoms with van der Waals surface area (Å²) in [7, 11) is -3.93. The van der Waals surface area contributed by atoms with E-state index in [1.807, 2.05) is 29.2 Å². The molecular formula is C19H21N3O5S. The third-order valence-electron chi connectivity index (χ3n) is 4.69. The zero-order valence-electron chi connectivity index (χ0n) is 15.2. The number of para-hydroxylation sites is 1. The van der Waals surface area contributed by atoms with Gasteiger partial charge in [-0.05, 0) is 36.6 Å². The Morgan fingerprint density at radius 1 is 1.07 bits per heavy atom. The fourth-order valence-corrected chi connectivity index (χ4v) is 4.24. The van der Waals surface area contributed by atoms with Crippen LogP contribution in [0.3, 0.4) is 0 Å². The predicted molar refractivity (Wildman–Crippen MR) is 103 cm³/mol. The second kappa shape index (κ2) is 7.69. The molecule has 2 aliphatic rings. The van der Waals surface area contributed by atoms with Gasteiger partial charge in [0, 0.05) is 18.3 Å². The van der Waals surface area contributed by atoms with Crippen molar-refractivity contribution < 1.29 is 22.7 Å². The van der Waals surface area contributed by atoms with Gasteiger partial charge in [0.05, 0.1) is 11.4 Å². The van der Waals surface area contributed by atoms with E-state index >= 15 is 0 Å². The van der Waals surface area contributed by atoms with Crippen molar-refractivity contribution in [3.63, 3.8) is 0 Å². The first-order valence-electron chi connectivity index (χ1n) is 9.06. The number of hydrazine groups is 1. The SMILES string of the molecule is O=C(CN1CCCc2ccccc21)NNS(=O)(=O)c1ccc2c(c1)OCCO2. The zero-order valence-corrected chi connectivity index (χ0v) is 16.0. The Morgan fingerprint density at radius 2 is 1.86 bits per heavy atom. The van der Waals surface area contributed by atoms with E-state index in [1.54, 1.807) is 0 Å². The lowest BCUT2D eigenvalue weighted by Gasteiger charge is -2.30. The van der Waals surface area contributed by atoms with Crippen molar-refractivity contribution in [1.82, 2.24) is 10.3 Å². The minimum absolute atomic E-state index is 0.0135. The number of rotatable bonds is 5. The number of sulfonamides is 1. The number of amides is 1. The highest BCUT2D eigenvalue weighted by Gasteiger charge is 2.22. The van der Waals surface area contributed by atoms with Crippen LogP contribution < -0.4 is 24.6 Å². The van der Waals surface area contributed by atoms with Crippen LogP contribution in [0.25, 0.3) is 0 Å². The lowest BCUT2D eigenvalue weighted by Crippen LogP contribution is -2.47. The van der Waals surface area contributed by atoms with Crippen molar-refractivity contribution in [3.8, 4) is 11.5 Å². The Bertz CT molecular complexity index is 993. The minimum Gasteiger partial charge on any atom is -0.486 e. The Labute approximate surface area is 163 Å². The Kier molecular flexibility index (Phi) is 5.10. The van der Waals surface area contributed by atoms with Crippen LogP contribution in [-0.2, 0) is 21.2 Å². The van der Waals surface area contributed by atoms with E-state index in [4.69, 9.17) is 9.47 Å². The zero-order chi connectivity index (χ0) is 19.6. The number of anilines is 1. The molecule has 0 bridgehead atoms. The van der Waals surface area contributed by atoms with Crippen LogP contribution in [-0.4, -0.2) is 40.6 Å². The number of carbonyl (C=O) groups is 1. The number of nitrogens with zero attached hydrogens (tertiary/aromatic N) is 1. The summed E-state index contributed by atoms with van der Waals surface area (Å²) in [6.07, 6.45) is 1.93. The first-order chi connectivity index (χ1) is 13.5. The fourth-order valence-electron chi connectivity index (χ4n) is 3.36. The molecule has 28 heavy (non-hydrogen) atoms. The maximum absolute atomic E-state index is 12.5. The molecule has 0 unspecified atom stereocenters. The Hall–Kier alpha value is -2.78. The number of nitrogens with one attached hydrogen (secondary N) is 2. The molecule has 0 atom stereocenters. The minimum atomic E-state index is -3.93. The quantitative estimate of drug-likeness (QED) is 0.729. The van der Waals surface area contributed by atoms with E-state index in [2.05, 4.69) is 10.3 Å². The smallest absolute Gasteiger partial charge is 0.257 e. The van der Waals surface area contributed by atoms with E-state index < -0.39 is 15.9 Å². The summed E-state index contributed by atoms with van der Waals surface area (Å²) in [6, 6.07) is 12.2. The summed E-state index contributed by atoms with van der Waals surface area (Å²) in [6.45, 7) is 1.60. The second-order valence-electron chi connectivity index (χ2n) is 6.61. The van der Waals surface area contributed by atoms with Crippen LogP contribution in [0.5, 0.6) is 11.5 Å². The predicted octanol–water partition coefficient (Wildman–Crippen LogP) is 1.22. The highest BCUT2D eigenvalue weighted by atomic mass is 32.2. The van der Waals surface area contributed by atoms with Gasteiger partial charge in [0.15, 0.2) is 11.5 Å². The molecule has 2 heterocycles. The molecule has 1 amide bonds. The fraction of sp³-hybridized carbons (Fsp3) is 0.316. The maximum Gasteiger partial charge on any atom is 0.257 e. The van der Waals surface area contributed by atoms with Crippen LogP contribution >= 0.6 is 0 Å². The lowest BCUT2D eigenvalue weighted by atomic mass is 10.0. The van der Waals surface area contributed by atoms with E-state index in [1.165, 1.54) is 23.8 Å². The Balaban J connectivity index is 1.39. The topological polar surface area (TPSA) is 97.0 Å². The van der Waals surface area contributed by atoms with Gasteiger partial charge in [0.25, 0.3) is 15.9 Å². The van der Waals surface area contributed by atoms with Crippen molar-refractivity contribution in [1.29, 1.82) is 0 Å². The molecule has 0 aromatic heterocycles. The first-order valence-corrected chi connectivity index (χ1v) is 10.5. The summed E-state index contributed by atoms with van der Waals surface area (Å²) < 4.78 is 35.7. The maximum atomic E-state index is 12.5. The van der Waals surface area contributed by atoms with E-state index in [0.717, 1.165) is 25.1 Å². The molecule has 0 saturated heterocycles. The van der Waals surface area contributed by atoms with Gasteiger partial charge in [-0.3, -0.25) is 10.2 Å². The number of hydrogen-bond acceptors (Lipinski definition) is 6. The van der Waals surface area contributed by atoms with Crippen molar-refractivity contribution in [2.24, 2.45) is 0 Å². The molecule has 2 N–H and O–H groups in total. The monoisotopic (exact) mass is 403 g/mol. The molecule has 4 rings (SSSR count). The molecule has 0 aliphatic carbocycles. The number of hydrogen-bond donors (Lipinski definition) is 2. The highest BCUT2D eigenvalue weighted by molar-refractivity contribution is 7.89. The molecule has 148 valence electrons. The van der Waals surface area contributed by atoms with Gasteiger partial charge in [-0.25, -0.2) is 8.42 Å². The van der Waals surface area contributed by atoms with Crippen molar-refractivity contribution in [2.45, 2.75) is 17.7 Å². The van der Waals surface area contributed by atoms with Crippen molar-refractivity contribution in [2.75, 3.05) is 31.2 Å². The summed E-state index contributed by atoms with van der Waals surface area (Å²) in [5.74, 6) is 0.432. The summed E-state index contributed by atoms with van der Waals surface area (Å²) in [5.41, 5.74) is 4.49. The highest BCUT2D eigenvalue weighted by Crippen LogP contribution is 2.32. The van der Waals surface area contributed by atoms with Crippen molar-refractivity contribution >= 4 is 21.6 Å². The van der Waals surface area contributed by atoms with Gasteiger partial charge < -0.3 is 14.4 Å². The van der Waals surface area contributed by atoms with E-state index in [0.29, 0.717) is 24.7 Å². The molecule has 2 aromatic carbocycles. The standard InChI is InChI=1S/C19H21N3O5S/c23-19(13-22-9-3-5-14-4-1-2-6-16(14)22)20-21-28(24,25)15-7-8-17-18(12-15)27-11-10-26-17/h1-2,4,6-8,12,21H,3,5,9-11,13H2,(H,20,23). The van der Waals surface area contributed by atoms with Crippen LogP contribution in [0.4, 0.5) is 5.69 Å².